The summed E-state index contributed by atoms with van der Waals surface area (Å²) in [5.41, 5.74) is 0.755. The summed E-state index contributed by atoms with van der Waals surface area (Å²) in [4.78, 5) is 12.1. The van der Waals surface area contributed by atoms with Gasteiger partial charge in [0.1, 0.15) is 5.75 Å². The van der Waals surface area contributed by atoms with Gasteiger partial charge in [-0.15, -0.1) is 0 Å². The summed E-state index contributed by atoms with van der Waals surface area (Å²) in [6, 6.07) is 5.78. The number of benzene rings is 1. The van der Waals surface area contributed by atoms with Crippen molar-refractivity contribution in [3.8, 4) is 5.75 Å². The number of halogens is 1. The molecule has 98 valence electrons. The van der Waals surface area contributed by atoms with Crippen molar-refractivity contribution < 1.29 is 9.53 Å². The fourth-order valence-electron chi connectivity index (χ4n) is 2.20. The number of methoxy groups -OCH3 is 1. The van der Waals surface area contributed by atoms with E-state index in [0.29, 0.717) is 0 Å². The zero-order valence-corrected chi connectivity index (χ0v) is 12.1. The Balaban J connectivity index is 2.09. The van der Waals surface area contributed by atoms with E-state index >= 15 is 0 Å². The minimum atomic E-state index is 0.0370. The molecule has 1 fully saturated rings. The monoisotopic (exact) mass is 312 g/mol. The van der Waals surface area contributed by atoms with Crippen molar-refractivity contribution in [2.75, 3.05) is 19.0 Å². The molecule has 1 amide bonds. The molecule has 0 aliphatic carbocycles. The first kappa shape index (κ1) is 13.4. The zero-order valence-electron chi connectivity index (χ0n) is 10.5. The van der Waals surface area contributed by atoms with E-state index in [4.69, 9.17) is 4.74 Å². The number of nitrogens with one attached hydrogen (secondary N) is 2. The number of rotatable bonds is 3. The van der Waals surface area contributed by atoms with Crippen LogP contribution in [0, 0.1) is 5.92 Å². The Morgan fingerprint density at radius 2 is 2.28 bits per heavy atom. The second-order valence-corrected chi connectivity index (χ2v) is 5.42. The van der Waals surface area contributed by atoms with Crippen molar-refractivity contribution in [1.82, 2.24) is 5.32 Å². The van der Waals surface area contributed by atoms with Gasteiger partial charge in [-0.3, -0.25) is 4.79 Å². The highest BCUT2D eigenvalue weighted by molar-refractivity contribution is 9.10. The lowest BCUT2D eigenvalue weighted by atomic mass is 10.0. The maximum atomic E-state index is 12.1. The minimum Gasteiger partial charge on any atom is -0.497 e. The molecule has 5 heteroatoms. The maximum Gasteiger partial charge on any atom is 0.229 e. The number of carbonyl (C=O) groups excluding carboxylic acids is 1. The van der Waals surface area contributed by atoms with Crippen molar-refractivity contribution in [2.45, 2.75) is 19.4 Å². The maximum absolute atomic E-state index is 12.1. The molecule has 0 bridgehead atoms. The number of hydrogen-bond acceptors (Lipinski definition) is 3. The number of hydrogen-bond donors (Lipinski definition) is 2. The van der Waals surface area contributed by atoms with Crippen LogP contribution in [0.25, 0.3) is 0 Å². The zero-order chi connectivity index (χ0) is 13.1. The third-order valence-corrected chi connectivity index (χ3v) is 3.69. The molecule has 1 heterocycles. The van der Waals surface area contributed by atoms with Crippen LogP contribution >= 0.6 is 15.9 Å². The molecular formula is C13H17BrN2O2. The van der Waals surface area contributed by atoms with Crippen molar-refractivity contribution in [2.24, 2.45) is 5.92 Å². The van der Waals surface area contributed by atoms with E-state index in [1.807, 2.05) is 25.1 Å². The molecule has 2 unspecified atom stereocenters. The van der Waals surface area contributed by atoms with Crippen molar-refractivity contribution >= 4 is 27.5 Å². The highest BCUT2D eigenvalue weighted by atomic mass is 79.9. The Hall–Kier alpha value is -1.07. The quantitative estimate of drug-likeness (QED) is 0.901. The molecule has 0 radical (unpaired) electrons. The topological polar surface area (TPSA) is 50.4 Å². The molecule has 4 nitrogen and oxygen atoms in total. The fourth-order valence-corrected chi connectivity index (χ4v) is 2.68. The number of amides is 1. The first-order valence-corrected chi connectivity index (χ1v) is 6.78. The fraction of sp³-hybridized carbons (Fsp3) is 0.462. The molecule has 1 aliphatic heterocycles. The molecule has 2 N–H and O–H groups in total. The van der Waals surface area contributed by atoms with Gasteiger partial charge in [-0.2, -0.15) is 0 Å². The summed E-state index contributed by atoms with van der Waals surface area (Å²) in [5.74, 6) is 0.819. The summed E-state index contributed by atoms with van der Waals surface area (Å²) < 4.78 is 6.05. The molecule has 1 saturated heterocycles. The van der Waals surface area contributed by atoms with E-state index in [1.165, 1.54) is 0 Å². The smallest absolute Gasteiger partial charge is 0.229 e. The van der Waals surface area contributed by atoms with Gasteiger partial charge in [0.15, 0.2) is 0 Å². The first-order valence-electron chi connectivity index (χ1n) is 5.99. The van der Waals surface area contributed by atoms with E-state index in [2.05, 4.69) is 26.6 Å². The second kappa shape index (κ2) is 5.71. The Labute approximate surface area is 115 Å². The average Bonchev–Trinajstić information content (AvgIpc) is 2.74. The lowest BCUT2D eigenvalue weighted by Gasteiger charge is -2.15. The molecular weight excluding hydrogens is 296 g/mol. The van der Waals surface area contributed by atoms with Crippen molar-refractivity contribution in [3.05, 3.63) is 22.7 Å². The Morgan fingerprint density at radius 1 is 1.50 bits per heavy atom. The molecule has 18 heavy (non-hydrogen) atoms. The van der Waals surface area contributed by atoms with Crippen LogP contribution in [0.2, 0.25) is 0 Å². The molecule has 2 atom stereocenters. The van der Waals surface area contributed by atoms with Crippen molar-refractivity contribution in [3.63, 3.8) is 0 Å². The average molecular weight is 313 g/mol. The third kappa shape index (κ3) is 3.03. The number of ether oxygens (including phenoxy) is 1. The molecule has 1 aromatic carbocycles. The summed E-state index contributed by atoms with van der Waals surface area (Å²) in [7, 11) is 1.61. The van der Waals surface area contributed by atoms with Crippen LogP contribution in [0.1, 0.15) is 13.3 Å². The predicted octanol–water partition coefficient (Wildman–Crippen LogP) is 2.39. The van der Waals surface area contributed by atoms with Crippen molar-refractivity contribution in [1.29, 1.82) is 0 Å². The Morgan fingerprint density at radius 3 is 2.89 bits per heavy atom. The van der Waals surface area contributed by atoms with Crippen LogP contribution in [0.3, 0.4) is 0 Å². The van der Waals surface area contributed by atoms with Crippen LogP contribution in [0.4, 0.5) is 5.69 Å². The molecule has 0 spiro atoms. The molecule has 2 rings (SSSR count). The van der Waals surface area contributed by atoms with Crippen LogP contribution in [-0.4, -0.2) is 25.6 Å². The largest absolute Gasteiger partial charge is 0.497 e. The van der Waals surface area contributed by atoms with Gasteiger partial charge in [-0.1, -0.05) is 15.9 Å². The van der Waals surface area contributed by atoms with E-state index in [-0.39, 0.29) is 17.9 Å². The van der Waals surface area contributed by atoms with E-state index in [0.717, 1.165) is 28.9 Å². The van der Waals surface area contributed by atoms with Gasteiger partial charge in [0.05, 0.1) is 13.0 Å². The van der Waals surface area contributed by atoms with E-state index in [9.17, 15) is 4.79 Å². The van der Waals surface area contributed by atoms with Gasteiger partial charge in [-0.05, 0) is 32.0 Å². The minimum absolute atomic E-state index is 0.0370. The van der Waals surface area contributed by atoms with Crippen LogP contribution < -0.4 is 15.4 Å². The first-order chi connectivity index (χ1) is 8.60. The summed E-state index contributed by atoms with van der Waals surface area (Å²) in [6.07, 6.45) is 0.887. The van der Waals surface area contributed by atoms with Gasteiger partial charge >= 0.3 is 0 Å². The third-order valence-electron chi connectivity index (χ3n) is 3.24. The number of anilines is 1. The number of carbonyl (C=O) groups is 1. The van der Waals surface area contributed by atoms with E-state index in [1.54, 1.807) is 7.11 Å². The highest BCUT2D eigenvalue weighted by Gasteiger charge is 2.29. The summed E-state index contributed by atoms with van der Waals surface area (Å²) in [6.45, 7) is 2.94. The Bertz CT molecular complexity index is 451. The van der Waals surface area contributed by atoms with Gasteiger partial charge in [0.25, 0.3) is 0 Å². The predicted molar refractivity (Wildman–Crippen MR) is 74.9 cm³/mol. The highest BCUT2D eigenvalue weighted by Crippen LogP contribution is 2.25. The molecule has 0 saturated carbocycles. The second-order valence-electron chi connectivity index (χ2n) is 4.51. The van der Waals surface area contributed by atoms with Gasteiger partial charge < -0.3 is 15.4 Å². The van der Waals surface area contributed by atoms with E-state index < -0.39 is 0 Å². The summed E-state index contributed by atoms with van der Waals surface area (Å²) >= 11 is 3.40. The molecule has 1 aromatic rings. The Kier molecular flexibility index (Phi) is 4.24. The van der Waals surface area contributed by atoms with Crippen LogP contribution in [0.5, 0.6) is 5.75 Å². The molecule has 1 aliphatic rings. The lowest BCUT2D eigenvalue weighted by Crippen LogP contribution is -2.32. The van der Waals surface area contributed by atoms with Gasteiger partial charge in [0.2, 0.25) is 5.91 Å². The molecule has 0 aromatic heterocycles. The lowest BCUT2D eigenvalue weighted by molar-refractivity contribution is -0.119. The van der Waals surface area contributed by atoms with Gasteiger partial charge in [0, 0.05) is 22.3 Å². The van der Waals surface area contributed by atoms with Crippen LogP contribution in [-0.2, 0) is 4.79 Å². The van der Waals surface area contributed by atoms with Crippen LogP contribution in [0.15, 0.2) is 22.7 Å². The summed E-state index contributed by atoms with van der Waals surface area (Å²) in [5, 5.41) is 6.22. The van der Waals surface area contributed by atoms with Gasteiger partial charge in [-0.25, -0.2) is 0 Å². The standard InChI is InChI=1S/C13H17BrN2O2/c1-8-12(3-4-15-8)13(17)16-10-5-9(14)6-11(7-10)18-2/h5-8,12,15H,3-4H2,1-2H3,(H,16,17). The SMILES string of the molecule is COc1cc(Br)cc(NC(=O)C2CCNC2C)c1. The normalized spacial score (nSPS) is 22.8.